The first-order chi connectivity index (χ1) is 37.0. The maximum atomic E-state index is 15.9. The molecule has 79 heavy (non-hydrogen) atoms. The van der Waals surface area contributed by atoms with Crippen molar-refractivity contribution in [1.82, 2.24) is 49.2 Å². The number of nitrogens with two attached hydrogens (primary N) is 1. The highest BCUT2D eigenvalue weighted by Crippen LogP contribution is 2.50. The molecule has 8 N–H and O–H groups in total. The lowest BCUT2D eigenvalue weighted by Crippen LogP contribution is -2.41. The van der Waals surface area contributed by atoms with Crippen LogP contribution >= 0.6 is 15.5 Å². The van der Waals surface area contributed by atoms with Gasteiger partial charge in [-0.05, 0) is 72.7 Å². The van der Waals surface area contributed by atoms with E-state index >= 15 is 8.78 Å². The van der Waals surface area contributed by atoms with E-state index in [1.807, 2.05) is 0 Å². The van der Waals surface area contributed by atoms with E-state index in [1.54, 1.807) is 95.5 Å². The van der Waals surface area contributed by atoms with Crippen LogP contribution in [0.15, 0.2) is 73.3 Å². The van der Waals surface area contributed by atoms with Gasteiger partial charge in [0.2, 0.25) is 5.95 Å². The zero-order valence-corrected chi connectivity index (χ0v) is 45.8. The fourth-order valence-electron chi connectivity index (χ4n) is 8.23. The van der Waals surface area contributed by atoms with Gasteiger partial charge >= 0.3 is 27.4 Å². The molecular formula is C48H67F2N13O14P2. The molecule has 2 saturated heterocycles. The molecule has 6 heterocycles. The number of ether oxygens (including phenoxy) is 4. The fraction of sp³-hybridized carbons (Fsp3) is 0.500. The average Bonchev–Trinajstić information content (AvgIpc) is 4.34. The van der Waals surface area contributed by atoms with Gasteiger partial charge < -0.3 is 54.6 Å². The van der Waals surface area contributed by atoms with Crippen LogP contribution in [0.4, 0.5) is 26.4 Å². The lowest BCUT2D eigenvalue weighted by atomic mass is 9.98. The average molecular weight is 1150 g/mol. The van der Waals surface area contributed by atoms with Crippen LogP contribution in [0.25, 0.3) is 22.3 Å². The van der Waals surface area contributed by atoms with Crippen LogP contribution < -0.4 is 35.6 Å². The number of nitrogens with zero attached hydrogens (tertiary/aromatic N) is 8. The second-order valence-electron chi connectivity index (χ2n) is 18.0. The molecule has 8 rings (SSSR count). The molecule has 0 unspecified atom stereocenters. The van der Waals surface area contributed by atoms with Crippen molar-refractivity contribution in [2.45, 2.75) is 116 Å². The number of esters is 2. The second-order valence-corrected chi connectivity index (χ2v) is 21.4. The SMILES string of the molecule is C.CCOC(=O)[C@@H](C)N[P@@](=O)(OC[C@H]1O[C@@H](n2cnc3c(NC)nc(N)nc32)[C@](C)(F)[C@@H]1O)Oc1ccccc1.CCOC(=O)[C@@H](C)N[P@](=O)(OC[C@H]1O[C@@H](n2cnc3c(NC)nc(C)nc32)[C@](C)(F)[C@@H]1O)Oc1ccccc1. The molecule has 0 aliphatic carbocycles. The number of aliphatic hydroxyl groups excluding tert-OH is 2. The molecule has 2 aliphatic heterocycles. The first-order valence-electron chi connectivity index (χ1n) is 24.5. The number of anilines is 3. The van der Waals surface area contributed by atoms with Crippen LogP contribution in [0.1, 0.15) is 67.2 Å². The fourth-order valence-corrected chi connectivity index (χ4v) is 11.2. The topological polar surface area (TPSA) is 344 Å². The molecular weight excluding hydrogens is 1080 g/mol. The van der Waals surface area contributed by atoms with Crippen LogP contribution in [0.3, 0.4) is 0 Å². The smallest absolute Gasteiger partial charge is 0.459 e. The Morgan fingerprint density at radius 3 is 1.49 bits per heavy atom. The maximum Gasteiger partial charge on any atom is 0.459 e. The summed E-state index contributed by atoms with van der Waals surface area (Å²) >= 11 is 0. The number of alkyl halides is 2. The molecule has 432 valence electrons. The minimum Gasteiger partial charge on any atom is -0.465 e. The summed E-state index contributed by atoms with van der Waals surface area (Å²) in [5.41, 5.74) is 2.33. The van der Waals surface area contributed by atoms with Crippen molar-refractivity contribution >= 4 is 67.3 Å². The number of hydrogen-bond acceptors (Lipinski definition) is 23. The molecule has 12 atom stereocenters. The van der Waals surface area contributed by atoms with E-state index in [0.717, 1.165) is 6.92 Å². The number of fused-ring (bicyclic) bond motifs is 2. The highest BCUT2D eigenvalue weighted by molar-refractivity contribution is 7.52. The Morgan fingerprint density at radius 1 is 0.709 bits per heavy atom. The molecule has 6 aromatic rings. The van der Waals surface area contributed by atoms with Crippen LogP contribution in [-0.2, 0) is 46.7 Å². The number of nitrogens with one attached hydrogen (secondary N) is 4. The first kappa shape index (κ1) is 61.7. The summed E-state index contributed by atoms with van der Waals surface area (Å²) < 4.78 is 106. The molecule has 27 nitrogen and oxygen atoms in total. The number of nitrogen functional groups attached to an aromatic ring is 1. The van der Waals surface area contributed by atoms with Crippen molar-refractivity contribution in [3.63, 3.8) is 0 Å². The molecule has 0 bridgehead atoms. The molecule has 0 radical (unpaired) electrons. The third kappa shape index (κ3) is 13.9. The predicted octanol–water partition coefficient (Wildman–Crippen LogP) is 5.73. The molecule has 0 amide bonds. The van der Waals surface area contributed by atoms with Crippen molar-refractivity contribution in [3.8, 4) is 11.5 Å². The number of imidazole rings is 2. The van der Waals surface area contributed by atoms with Gasteiger partial charge in [0.05, 0.1) is 39.1 Å². The van der Waals surface area contributed by atoms with Crippen molar-refractivity contribution < 1.29 is 74.8 Å². The number of carbonyl (C=O) groups excluding carboxylic acids is 2. The summed E-state index contributed by atoms with van der Waals surface area (Å²) in [6.45, 7) is 9.29. The first-order valence-corrected chi connectivity index (χ1v) is 27.5. The van der Waals surface area contributed by atoms with E-state index in [9.17, 15) is 28.9 Å². The van der Waals surface area contributed by atoms with Crippen molar-refractivity contribution in [1.29, 1.82) is 0 Å². The monoisotopic (exact) mass is 1150 g/mol. The summed E-state index contributed by atoms with van der Waals surface area (Å²) in [4.78, 5) is 49.7. The number of aromatic nitrogens is 8. The van der Waals surface area contributed by atoms with Gasteiger partial charge in [-0.1, -0.05) is 43.8 Å². The van der Waals surface area contributed by atoms with Gasteiger partial charge in [0.25, 0.3) is 0 Å². The zero-order valence-electron chi connectivity index (χ0n) is 44.0. The molecule has 4 aromatic heterocycles. The van der Waals surface area contributed by atoms with Crippen molar-refractivity contribution in [2.24, 2.45) is 0 Å². The van der Waals surface area contributed by atoms with E-state index in [2.05, 4.69) is 50.7 Å². The van der Waals surface area contributed by atoms with Gasteiger partial charge in [-0.2, -0.15) is 20.1 Å². The molecule has 31 heteroatoms. The van der Waals surface area contributed by atoms with Crippen LogP contribution in [0, 0.1) is 6.92 Å². The van der Waals surface area contributed by atoms with Gasteiger partial charge in [0.15, 0.2) is 57.8 Å². The van der Waals surface area contributed by atoms with Gasteiger partial charge in [-0.25, -0.2) is 37.8 Å². The Balaban J connectivity index is 0.000000252. The van der Waals surface area contributed by atoms with Crippen LogP contribution in [0.2, 0.25) is 0 Å². The highest BCUT2D eigenvalue weighted by atomic mass is 31.2. The number of para-hydroxylation sites is 2. The third-order valence-electron chi connectivity index (χ3n) is 12.1. The van der Waals surface area contributed by atoms with E-state index in [1.165, 1.54) is 42.6 Å². The van der Waals surface area contributed by atoms with Crippen LogP contribution in [0.5, 0.6) is 11.5 Å². The van der Waals surface area contributed by atoms with Gasteiger partial charge in [-0.15, -0.1) is 0 Å². The van der Waals surface area contributed by atoms with Crippen molar-refractivity contribution in [3.05, 3.63) is 79.1 Å². The quantitative estimate of drug-likeness (QED) is 0.0315. The summed E-state index contributed by atoms with van der Waals surface area (Å²) in [7, 11) is -5.21. The minimum absolute atomic E-state index is 0. The number of hydrogen-bond donors (Lipinski definition) is 7. The number of aliphatic hydroxyl groups is 2. The summed E-state index contributed by atoms with van der Waals surface area (Å²) in [5, 5.41) is 32.5. The minimum atomic E-state index is -4.26. The van der Waals surface area contributed by atoms with E-state index < -0.39 is 101 Å². The van der Waals surface area contributed by atoms with Gasteiger partial charge in [0, 0.05) is 14.1 Å². The lowest BCUT2D eigenvalue weighted by Gasteiger charge is -2.25. The van der Waals surface area contributed by atoms with E-state index in [4.69, 9.17) is 42.8 Å². The zero-order chi connectivity index (χ0) is 56.7. The third-order valence-corrected chi connectivity index (χ3v) is 15.4. The second kappa shape index (κ2) is 25.7. The van der Waals surface area contributed by atoms with Gasteiger partial charge in [0.1, 0.15) is 53.8 Å². The number of rotatable bonds is 22. The number of halogens is 2. The Hall–Kier alpha value is -6.52. The Morgan fingerprint density at radius 2 is 1.10 bits per heavy atom. The molecule has 0 spiro atoms. The lowest BCUT2D eigenvalue weighted by molar-refractivity contribution is -0.145. The Bertz CT molecular complexity index is 2920. The summed E-state index contributed by atoms with van der Waals surface area (Å²) in [6, 6.07) is 14.2. The van der Waals surface area contributed by atoms with E-state index in [0.29, 0.717) is 34.1 Å². The maximum absolute atomic E-state index is 15.9. The standard InChI is InChI=1S/C24H32FN6O7P.C23H31FN7O7P.CH4/c1-6-35-22(33)14(2)30-39(34,38-16-10-8-7-9-11-16)36-12-17-19(32)24(4,25)23(37-17)31-13-27-18-20(26-5)28-15(3)29-21(18)31;1-5-35-20(33)13(2)30-39(34,38-14-9-7-6-8-10-14)36-11-15-17(32)23(3,24)21(37-15)31-12-27-16-18(26-4)28-22(25)29-19(16)31;/h7-11,13-14,17,19,23,32H,6,12H2,1-5H3,(H,30,34)(H,26,28,29);6-10,12-13,15,17,21,32H,5,11H2,1-4H3,(H,30,34)(H3,25,26,28,29);1H4/t14-,17-,19-,23-,24-,39+;13-,15-,17-,21-,23-,39-;/m11./s1. The summed E-state index contributed by atoms with van der Waals surface area (Å²) in [5.74, 6) is 0.171. The molecule has 2 fully saturated rings. The molecule has 2 aromatic carbocycles. The Kier molecular flexibility index (Phi) is 20.1. The number of aryl methyl sites for hydroxylation is 1. The van der Waals surface area contributed by atoms with Crippen molar-refractivity contribution in [2.75, 3.05) is 56.9 Å². The number of benzene rings is 2. The number of carbonyl (C=O) groups is 2. The largest absolute Gasteiger partial charge is 0.465 e. The van der Waals surface area contributed by atoms with Crippen LogP contribution in [-0.4, -0.2) is 150 Å². The molecule has 0 saturated carbocycles. The predicted molar refractivity (Wildman–Crippen MR) is 284 cm³/mol. The highest BCUT2D eigenvalue weighted by Gasteiger charge is 2.57. The Labute approximate surface area is 453 Å². The summed E-state index contributed by atoms with van der Waals surface area (Å²) in [6.07, 6.45) is -6.04. The normalized spacial score (nSPS) is 24.9. The van der Waals surface area contributed by atoms with E-state index in [-0.39, 0.29) is 43.7 Å². The molecule has 2 aliphatic rings. The van der Waals surface area contributed by atoms with Gasteiger partial charge in [-0.3, -0.25) is 27.8 Å².